The van der Waals surface area contributed by atoms with Gasteiger partial charge in [-0.3, -0.25) is 0 Å². The Morgan fingerprint density at radius 2 is 2.18 bits per heavy atom. The van der Waals surface area contributed by atoms with Crippen molar-refractivity contribution in [1.82, 2.24) is 5.32 Å². The van der Waals surface area contributed by atoms with Crippen molar-refractivity contribution in [3.63, 3.8) is 0 Å². The second-order valence-electron chi connectivity index (χ2n) is 5.42. The Labute approximate surface area is 111 Å². The maximum absolute atomic E-state index is 6.27. The molecule has 0 radical (unpaired) electrons. The van der Waals surface area contributed by atoms with Crippen LogP contribution in [0.4, 0.5) is 0 Å². The molecule has 2 atom stereocenters. The lowest BCUT2D eigenvalue weighted by Crippen LogP contribution is -2.42. The van der Waals surface area contributed by atoms with Crippen LogP contribution in [0.3, 0.4) is 0 Å². The molecule has 1 N–H and O–H groups in total. The Morgan fingerprint density at radius 3 is 2.82 bits per heavy atom. The van der Waals surface area contributed by atoms with Crippen molar-refractivity contribution in [1.29, 1.82) is 0 Å². The Morgan fingerprint density at radius 1 is 1.41 bits per heavy atom. The van der Waals surface area contributed by atoms with Gasteiger partial charge in [0, 0.05) is 22.5 Å². The number of rotatable bonds is 2. The Bertz CT molecular complexity index is 444. The number of ether oxygens (including phenoxy) is 1. The van der Waals surface area contributed by atoms with E-state index in [0.29, 0.717) is 6.04 Å². The fourth-order valence-electron chi connectivity index (χ4n) is 2.89. The molecule has 92 valence electrons. The SMILES string of the molecule is CNC1CC(C)(C2CC2)Oc2ccc(Br)cc21. The summed E-state index contributed by atoms with van der Waals surface area (Å²) < 4.78 is 7.39. The monoisotopic (exact) mass is 295 g/mol. The van der Waals surface area contributed by atoms with Crippen LogP contribution in [0, 0.1) is 5.92 Å². The molecule has 0 amide bonds. The number of hydrogen-bond acceptors (Lipinski definition) is 2. The summed E-state index contributed by atoms with van der Waals surface area (Å²) in [6, 6.07) is 6.72. The third-order valence-electron chi connectivity index (χ3n) is 4.09. The normalized spacial score (nSPS) is 31.8. The molecule has 1 aromatic carbocycles. The summed E-state index contributed by atoms with van der Waals surface area (Å²) in [6.45, 7) is 2.26. The maximum atomic E-state index is 6.27. The van der Waals surface area contributed by atoms with E-state index in [0.717, 1.165) is 22.6 Å². The van der Waals surface area contributed by atoms with Crippen LogP contribution >= 0.6 is 15.9 Å². The lowest BCUT2D eigenvalue weighted by atomic mass is 9.85. The van der Waals surface area contributed by atoms with Crippen LogP contribution in [0.5, 0.6) is 5.75 Å². The van der Waals surface area contributed by atoms with Crippen LogP contribution in [-0.4, -0.2) is 12.6 Å². The van der Waals surface area contributed by atoms with Crippen LogP contribution in [0.1, 0.15) is 37.8 Å². The smallest absolute Gasteiger partial charge is 0.125 e. The van der Waals surface area contributed by atoms with Gasteiger partial charge in [0.2, 0.25) is 0 Å². The predicted molar refractivity (Wildman–Crippen MR) is 72.3 cm³/mol. The van der Waals surface area contributed by atoms with Gasteiger partial charge in [-0.25, -0.2) is 0 Å². The van der Waals surface area contributed by atoms with Crippen LogP contribution in [0.15, 0.2) is 22.7 Å². The van der Waals surface area contributed by atoms with E-state index in [1.54, 1.807) is 0 Å². The summed E-state index contributed by atoms with van der Waals surface area (Å²) in [5, 5.41) is 3.42. The average molecular weight is 296 g/mol. The van der Waals surface area contributed by atoms with E-state index in [1.807, 2.05) is 7.05 Å². The lowest BCUT2D eigenvalue weighted by molar-refractivity contribution is 0.0280. The van der Waals surface area contributed by atoms with Crippen LogP contribution in [0.2, 0.25) is 0 Å². The van der Waals surface area contributed by atoms with Crippen LogP contribution < -0.4 is 10.1 Å². The zero-order valence-corrected chi connectivity index (χ0v) is 11.9. The van der Waals surface area contributed by atoms with E-state index >= 15 is 0 Å². The van der Waals surface area contributed by atoms with Gasteiger partial charge in [0.1, 0.15) is 11.4 Å². The van der Waals surface area contributed by atoms with Crippen molar-refractivity contribution >= 4 is 15.9 Å². The van der Waals surface area contributed by atoms with E-state index in [1.165, 1.54) is 18.4 Å². The molecule has 1 heterocycles. The number of halogens is 1. The van der Waals surface area contributed by atoms with Crippen molar-refractivity contribution in [2.45, 2.75) is 37.8 Å². The molecule has 2 unspecified atom stereocenters. The number of hydrogen-bond donors (Lipinski definition) is 1. The first-order valence-corrected chi connectivity index (χ1v) is 7.07. The van der Waals surface area contributed by atoms with Crippen LogP contribution in [0.25, 0.3) is 0 Å². The van der Waals surface area contributed by atoms with Gasteiger partial charge >= 0.3 is 0 Å². The fourth-order valence-corrected chi connectivity index (χ4v) is 3.27. The second kappa shape index (κ2) is 3.99. The first-order chi connectivity index (χ1) is 8.12. The Balaban J connectivity index is 1.99. The minimum atomic E-state index is 0.0223. The molecule has 0 saturated heterocycles. The molecule has 0 spiro atoms. The number of nitrogens with one attached hydrogen (secondary N) is 1. The van der Waals surface area contributed by atoms with Gasteiger partial charge in [-0.1, -0.05) is 15.9 Å². The molecule has 1 fully saturated rings. The van der Waals surface area contributed by atoms with Gasteiger partial charge < -0.3 is 10.1 Å². The summed E-state index contributed by atoms with van der Waals surface area (Å²) in [6.07, 6.45) is 3.70. The topological polar surface area (TPSA) is 21.3 Å². The highest BCUT2D eigenvalue weighted by Crippen LogP contribution is 2.50. The van der Waals surface area contributed by atoms with E-state index in [9.17, 15) is 0 Å². The van der Waals surface area contributed by atoms with Crippen LogP contribution in [-0.2, 0) is 0 Å². The highest BCUT2D eigenvalue weighted by atomic mass is 79.9. The fraction of sp³-hybridized carbons (Fsp3) is 0.571. The second-order valence-corrected chi connectivity index (χ2v) is 6.33. The van der Waals surface area contributed by atoms with Gasteiger partial charge in [0.25, 0.3) is 0 Å². The molecule has 3 rings (SSSR count). The Hall–Kier alpha value is -0.540. The zero-order valence-electron chi connectivity index (χ0n) is 10.3. The predicted octanol–water partition coefficient (Wildman–Crippen LogP) is 3.66. The van der Waals surface area contributed by atoms with Gasteiger partial charge in [-0.2, -0.15) is 0 Å². The molecule has 1 aromatic rings. The maximum Gasteiger partial charge on any atom is 0.125 e. The van der Waals surface area contributed by atoms with Gasteiger partial charge in [0.05, 0.1) is 0 Å². The van der Waals surface area contributed by atoms with Gasteiger partial charge in [-0.15, -0.1) is 0 Å². The summed E-state index contributed by atoms with van der Waals surface area (Å²) >= 11 is 3.53. The summed E-state index contributed by atoms with van der Waals surface area (Å²) in [7, 11) is 2.04. The molecule has 17 heavy (non-hydrogen) atoms. The van der Waals surface area contributed by atoms with Crippen molar-refractivity contribution in [3.8, 4) is 5.75 Å². The standard InChI is InChI=1S/C14H18BrNO/c1-14(9-3-4-9)8-12(16-2)11-7-10(15)5-6-13(11)17-14/h5-7,9,12,16H,3-4,8H2,1-2H3. The molecule has 2 nitrogen and oxygen atoms in total. The summed E-state index contributed by atoms with van der Waals surface area (Å²) in [4.78, 5) is 0. The molecular formula is C14H18BrNO. The first kappa shape index (κ1) is 11.5. The highest BCUT2D eigenvalue weighted by Gasteiger charge is 2.47. The molecule has 0 aromatic heterocycles. The van der Waals surface area contributed by atoms with Crippen molar-refractivity contribution in [3.05, 3.63) is 28.2 Å². The highest BCUT2D eigenvalue weighted by molar-refractivity contribution is 9.10. The van der Waals surface area contributed by atoms with Gasteiger partial charge in [-0.05, 0) is 50.9 Å². The van der Waals surface area contributed by atoms with Crippen molar-refractivity contribution in [2.24, 2.45) is 5.92 Å². The molecule has 3 heteroatoms. The van der Waals surface area contributed by atoms with E-state index < -0.39 is 0 Å². The van der Waals surface area contributed by atoms with Crippen molar-refractivity contribution < 1.29 is 4.74 Å². The summed E-state index contributed by atoms with van der Waals surface area (Å²) in [5.41, 5.74) is 1.30. The largest absolute Gasteiger partial charge is 0.487 e. The summed E-state index contributed by atoms with van der Waals surface area (Å²) in [5.74, 6) is 1.79. The number of benzene rings is 1. The third kappa shape index (κ3) is 2.00. The molecule has 1 aliphatic heterocycles. The van der Waals surface area contributed by atoms with Crippen molar-refractivity contribution in [2.75, 3.05) is 7.05 Å². The molecule has 0 bridgehead atoms. The first-order valence-electron chi connectivity index (χ1n) is 6.28. The minimum absolute atomic E-state index is 0.0223. The lowest BCUT2D eigenvalue weighted by Gasteiger charge is -2.40. The Kier molecular flexibility index (Phi) is 2.71. The quantitative estimate of drug-likeness (QED) is 0.899. The molecule has 2 aliphatic rings. The minimum Gasteiger partial charge on any atom is -0.487 e. The third-order valence-corrected chi connectivity index (χ3v) is 4.58. The zero-order chi connectivity index (χ0) is 12.0. The van der Waals surface area contributed by atoms with E-state index in [4.69, 9.17) is 4.74 Å². The van der Waals surface area contributed by atoms with Gasteiger partial charge in [0.15, 0.2) is 0 Å². The average Bonchev–Trinajstić information content (AvgIpc) is 3.13. The molecule has 1 saturated carbocycles. The van der Waals surface area contributed by atoms with E-state index in [-0.39, 0.29) is 5.60 Å². The molecule has 1 aliphatic carbocycles. The molecular weight excluding hydrogens is 278 g/mol. The van der Waals surface area contributed by atoms with E-state index in [2.05, 4.69) is 46.4 Å². The number of fused-ring (bicyclic) bond motifs is 1.